The van der Waals surface area contributed by atoms with Gasteiger partial charge < -0.3 is 0 Å². The number of rotatable bonds is 2. The van der Waals surface area contributed by atoms with Crippen molar-refractivity contribution in [2.45, 2.75) is 37.3 Å². The van der Waals surface area contributed by atoms with E-state index in [-0.39, 0.29) is 6.42 Å². The molecule has 3 heteroatoms. The van der Waals surface area contributed by atoms with Crippen LogP contribution in [-0.2, 0) is 6.54 Å². The van der Waals surface area contributed by atoms with Crippen LogP contribution in [0.15, 0.2) is 30.3 Å². The van der Waals surface area contributed by atoms with Crippen LogP contribution in [0.3, 0.4) is 0 Å². The zero-order chi connectivity index (χ0) is 11.2. The van der Waals surface area contributed by atoms with Crippen LogP contribution in [0.25, 0.3) is 0 Å². The highest BCUT2D eigenvalue weighted by atomic mass is 19.3. The minimum atomic E-state index is -2.47. The Morgan fingerprint density at radius 1 is 1.06 bits per heavy atom. The molecule has 0 aromatic heterocycles. The third-order valence-corrected chi connectivity index (χ3v) is 3.92. The molecular weight excluding hydrogens is 208 g/mol. The van der Waals surface area contributed by atoms with Crippen molar-refractivity contribution in [3.05, 3.63) is 35.9 Å². The molecule has 0 radical (unpaired) electrons. The Morgan fingerprint density at radius 3 is 2.38 bits per heavy atom. The van der Waals surface area contributed by atoms with E-state index in [9.17, 15) is 8.78 Å². The van der Waals surface area contributed by atoms with E-state index >= 15 is 0 Å². The molecule has 1 aliphatic carbocycles. The Labute approximate surface area is 94.1 Å². The first-order chi connectivity index (χ1) is 7.64. The number of likely N-dealkylation sites (tertiary alicyclic amines) is 1. The minimum absolute atomic E-state index is 0.0276. The van der Waals surface area contributed by atoms with Crippen molar-refractivity contribution in [3.63, 3.8) is 0 Å². The minimum Gasteiger partial charge on any atom is -0.288 e. The van der Waals surface area contributed by atoms with Gasteiger partial charge in [-0.2, -0.15) is 0 Å². The van der Waals surface area contributed by atoms with Gasteiger partial charge in [0, 0.05) is 19.5 Å². The molecule has 1 saturated heterocycles. The van der Waals surface area contributed by atoms with Gasteiger partial charge in [-0.1, -0.05) is 30.3 Å². The summed E-state index contributed by atoms with van der Waals surface area (Å²) in [6.07, 6.45) is 1.35. The molecule has 1 heterocycles. The summed E-state index contributed by atoms with van der Waals surface area (Å²) in [5.74, 6) is -2.47. The third-order valence-electron chi connectivity index (χ3n) is 3.92. The van der Waals surface area contributed by atoms with Crippen LogP contribution in [0.2, 0.25) is 0 Å². The maximum atomic E-state index is 13.7. The van der Waals surface area contributed by atoms with Crippen LogP contribution in [0, 0.1) is 0 Å². The molecule has 0 N–H and O–H groups in total. The maximum Gasteiger partial charge on any atom is 0.267 e. The summed E-state index contributed by atoms with van der Waals surface area (Å²) in [6, 6.07) is 9.89. The number of nitrogens with zero attached hydrogens (tertiary/aromatic N) is 1. The maximum absolute atomic E-state index is 13.7. The highest BCUT2D eigenvalue weighted by Gasteiger charge is 2.68. The van der Waals surface area contributed by atoms with Gasteiger partial charge >= 0.3 is 0 Å². The average molecular weight is 223 g/mol. The molecule has 86 valence electrons. The molecule has 0 unspecified atom stereocenters. The van der Waals surface area contributed by atoms with Gasteiger partial charge in [0.15, 0.2) is 0 Å². The molecule has 1 aromatic carbocycles. The molecule has 0 amide bonds. The number of hydrogen-bond acceptors (Lipinski definition) is 1. The lowest BCUT2D eigenvalue weighted by molar-refractivity contribution is -0.0479. The van der Waals surface area contributed by atoms with Gasteiger partial charge in [-0.15, -0.1) is 0 Å². The normalized spacial score (nSPS) is 26.1. The fourth-order valence-corrected chi connectivity index (χ4v) is 2.79. The molecule has 2 aliphatic rings. The average Bonchev–Trinajstić information content (AvgIpc) is 3.03. The van der Waals surface area contributed by atoms with Crippen molar-refractivity contribution in [1.82, 2.24) is 4.90 Å². The molecule has 3 rings (SSSR count). The summed E-state index contributed by atoms with van der Waals surface area (Å²) in [4.78, 5) is 1.97. The Bertz CT molecular complexity index is 384. The van der Waals surface area contributed by atoms with Crippen LogP contribution >= 0.6 is 0 Å². The highest BCUT2D eigenvalue weighted by Crippen LogP contribution is 2.58. The van der Waals surface area contributed by atoms with Crippen LogP contribution < -0.4 is 0 Å². The van der Waals surface area contributed by atoms with Crippen molar-refractivity contribution in [2.75, 3.05) is 6.54 Å². The fraction of sp³-hybridized carbons (Fsp3) is 0.538. The lowest BCUT2D eigenvalue weighted by Crippen LogP contribution is -2.41. The monoisotopic (exact) mass is 223 g/mol. The van der Waals surface area contributed by atoms with Gasteiger partial charge in [0.05, 0.1) is 5.54 Å². The molecule has 2 fully saturated rings. The van der Waals surface area contributed by atoms with Crippen molar-refractivity contribution in [3.8, 4) is 0 Å². The standard InChI is InChI=1S/C13H15F2N/c14-13(15)8-9-16(12(13)6-7-12)10-11-4-2-1-3-5-11/h1-5H,6-10H2. The van der Waals surface area contributed by atoms with E-state index in [1.807, 2.05) is 35.2 Å². The number of hydrogen-bond donors (Lipinski definition) is 0. The van der Waals surface area contributed by atoms with Crippen LogP contribution in [0.4, 0.5) is 8.78 Å². The quantitative estimate of drug-likeness (QED) is 0.744. The Kier molecular flexibility index (Phi) is 2.08. The van der Waals surface area contributed by atoms with Gasteiger partial charge in [-0.3, -0.25) is 4.90 Å². The van der Waals surface area contributed by atoms with Crippen LogP contribution in [0.1, 0.15) is 24.8 Å². The summed E-state index contributed by atoms with van der Waals surface area (Å²) in [6.45, 7) is 1.19. The first kappa shape index (κ1) is 10.2. The molecule has 1 nitrogen and oxygen atoms in total. The number of alkyl halides is 2. The van der Waals surface area contributed by atoms with Crippen molar-refractivity contribution in [2.24, 2.45) is 0 Å². The van der Waals surface area contributed by atoms with E-state index in [2.05, 4.69) is 0 Å². The van der Waals surface area contributed by atoms with E-state index in [4.69, 9.17) is 0 Å². The SMILES string of the molecule is FC1(F)CCN(Cc2ccccc2)C12CC2. The lowest BCUT2D eigenvalue weighted by atomic mass is 10.1. The second-order valence-corrected chi connectivity index (χ2v) is 4.89. The molecule has 1 aromatic rings. The van der Waals surface area contributed by atoms with Crippen LogP contribution in [-0.4, -0.2) is 22.9 Å². The molecule has 16 heavy (non-hydrogen) atoms. The highest BCUT2D eigenvalue weighted by molar-refractivity contribution is 5.21. The second-order valence-electron chi connectivity index (χ2n) is 4.89. The summed E-state index contributed by atoms with van der Waals surface area (Å²) < 4.78 is 27.4. The smallest absolute Gasteiger partial charge is 0.267 e. The second kappa shape index (κ2) is 3.27. The molecular formula is C13H15F2N. The van der Waals surface area contributed by atoms with Gasteiger partial charge in [-0.05, 0) is 18.4 Å². The molecule has 1 saturated carbocycles. The van der Waals surface area contributed by atoms with Gasteiger partial charge in [0.2, 0.25) is 0 Å². The van der Waals surface area contributed by atoms with E-state index in [1.54, 1.807) is 0 Å². The fourth-order valence-electron chi connectivity index (χ4n) is 2.79. The predicted molar refractivity (Wildman–Crippen MR) is 58.4 cm³/mol. The first-order valence-electron chi connectivity index (χ1n) is 5.81. The van der Waals surface area contributed by atoms with Crippen LogP contribution in [0.5, 0.6) is 0 Å². The summed E-state index contributed by atoms with van der Waals surface area (Å²) in [5, 5.41) is 0. The summed E-state index contributed by atoms with van der Waals surface area (Å²) in [7, 11) is 0. The summed E-state index contributed by atoms with van der Waals surface area (Å²) >= 11 is 0. The Hall–Kier alpha value is -0.960. The number of benzene rings is 1. The molecule has 1 aliphatic heterocycles. The van der Waals surface area contributed by atoms with E-state index in [0.29, 0.717) is 25.9 Å². The third kappa shape index (κ3) is 1.38. The molecule has 0 atom stereocenters. The number of halogens is 2. The van der Waals surface area contributed by atoms with Gasteiger partial charge in [0.25, 0.3) is 5.92 Å². The topological polar surface area (TPSA) is 3.24 Å². The van der Waals surface area contributed by atoms with Crippen molar-refractivity contribution < 1.29 is 8.78 Å². The summed E-state index contributed by atoms with van der Waals surface area (Å²) in [5.41, 5.74) is 0.342. The van der Waals surface area contributed by atoms with E-state index in [0.717, 1.165) is 5.56 Å². The zero-order valence-electron chi connectivity index (χ0n) is 9.13. The lowest BCUT2D eigenvalue weighted by Gasteiger charge is -2.27. The largest absolute Gasteiger partial charge is 0.288 e. The van der Waals surface area contributed by atoms with Crippen molar-refractivity contribution >= 4 is 0 Å². The van der Waals surface area contributed by atoms with Crippen molar-refractivity contribution in [1.29, 1.82) is 0 Å². The molecule has 0 bridgehead atoms. The molecule has 1 spiro atoms. The van der Waals surface area contributed by atoms with Gasteiger partial charge in [0.1, 0.15) is 0 Å². The zero-order valence-corrected chi connectivity index (χ0v) is 9.13. The Balaban J connectivity index is 1.78. The Morgan fingerprint density at radius 2 is 1.75 bits per heavy atom. The van der Waals surface area contributed by atoms with Gasteiger partial charge in [-0.25, -0.2) is 8.78 Å². The predicted octanol–water partition coefficient (Wildman–Crippen LogP) is 3.06. The first-order valence-corrected chi connectivity index (χ1v) is 5.81. The van der Waals surface area contributed by atoms with E-state index in [1.165, 1.54) is 0 Å². The van der Waals surface area contributed by atoms with E-state index < -0.39 is 11.5 Å².